The molecule has 1 amide bonds. The van der Waals surface area contributed by atoms with Gasteiger partial charge in [0.2, 0.25) is 5.91 Å². The Labute approximate surface area is 165 Å². The first-order valence-electron chi connectivity index (χ1n) is 8.89. The molecule has 0 bridgehead atoms. The van der Waals surface area contributed by atoms with Crippen molar-refractivity contribution < 1.29 is 13.2 Å². The number of nitrogens with one attached hydrogen (secondary N) is 1. The van der Waals surface area contributed by atoms with E-state index in [1.54, 1.807) is 47.0 Å². The van der Waals surface area contributed by atoms with Gasteiger partial charge >= 0.3 is 0 Å². The number of fused-ring (bicyclic) bond motifs is 1. The number of carbonyl (C=O) groups is 1. The Bertz CT molecular complexity index is 954. The molecule has 1 aliphatic rings. The van der Waals surface area contributed by atoms with Gasteiger partial charge in [-0.15, -0.1) is 11.8 Å². The number of hydrogen-bond acceptors (Lipinski definition) is 4. The van der Waals surface area contributed by atoms with Crippen molar-refractivity contribution in [3.8, 4) is 0 Å². The van der Waals surface area contributed by atoms with E-state index in [-0.39, 0.29) is 16.1 Å². The number of anilines is 2. The van der Waals surface area contributed by atoms with Crippen molar-refractivity contribution in [1.82, 2.24) is 0 Å². The first kappa shape index (κ1) is 19.8. The fourth-order valence-corrected chi connectivity index (χ4v) is 5.20. The summed E-state index contributed by atoms with van der Waals surface area (Å²) in [6.07, 6.45) is 0. The highest BCUT2D eigenvalue weighted by molar-refractivity contribution is 8.00. The number of sulfonamides is 1. The highest BCUT2D eigenvalue weighted by Crippen LogP contribution is 2.39. The largest absolute Gasteiger partial charge is 0.310 e. The molecule has 7 heteroatoms. The maximum Gasteiger partial charge on any atom is 0.261 e. The van der Waals surface area contributed by atoms with E-state index in [1.807, 2.05) is 12.1 Å². The van der Waals surface area contributed by atoms with Gasteiger partial charge in [-0.2, -0.15) is 0 Å². The van der Waals surface area contributed by atoms with E-state index in [1.165, 1.54) is 6.92 Å². The van der Waals surface area contributed by atoms with Crippen molar-refractivity contribution in [2.45, 2.75) is 48.7 Å². The lowest BCUT2D eigenvalue weighted by atomic mass is 10.0. The van der Waals surface area contributed by atoms with Crippen LogP contribution in [0.3, 0.4) is 0 Å². The topological polar surface area (TPSA) is 66.5 Å². The fourth-order valence-electron chi connectivity index (χ4n) is 3.03. The summed E-state index contributed by atoms with van der Waals surface area (Å²) < 4.78 is 28.3. The van der Waals surface area contributed by atoms with E-state index in [9.17, 15) is 13.2 Å². The second kappa shape index (κ2) is 7.56. The molecule has 1 N–H and O–H groups in total. The third-order valence-electron chi connectivity index (χ3n) is 4.51. The summed E-state index contributed by atoms with van der Waals surface area (Å²) in [6.45, 7) is 8.30. The molecule has 5 nitrogen and oxygen atoms in total. The quantitative estimate of drug-likeness (QED) is 0.817. The lowest BCUT2D eigenvalue weighted by molar-refractivity contribution is -0.116. The predicted octanol–water partition coefficient (Wildman–Crippen LogP) is 4.46. The molecule has 0 spiro atoms. The molecule has 1 unspecified atom stereocenters. The Morgan fingerprint density at radius 2 is 1.85 bits per heavy atom. The number of benzene rings is 2. The minimum absolute atomic E-state index is 0.0878. The predicted molar refractivity (Wildman–Crippen MR) is 111 cm³/mol. The van der Waals surface area contributed by atoms with Crippen LogP contribution in [0.15, 0.2) is 52.3 Å². The Hall–Kier alpha value is -1.99. The second-order valence-corrected chi connectivity index (χ2v) is 10.2. The molecule has 1 heterocycles. The van der Waals surface area contributed by atoms with Crippen molar-refractivity contribution in [2.75, 3.05) is 16.2 Å². The lowest BCUT2D eigenvalue weighted by Gasteiger charge is -2.32. The van der Waals surface area contributed by atoms with Gasteiger partial charge in [0.05, 0.1) is 10.6 Å². The summed E-state index contributed by atoms with van der Waals surface area (Å²) in [7, 11) is -3.74. The van der Waals surface area contributed by atoms with E-state index >= 15 is 0 Å². The second-order valence-electron chi connectivity index (χ2n) is 7.07. The first-order chi connectivity index (χ1) is 12.7. The summed E-state index contributed by atoms with van der Waals surface area (Å²) in [5, 5.41) is 0.265. The minimum atomic E-state index is -3.74. The van der Waals surface area contributed by atoms with Gasteiger partial charge in [-0.05, 0) is 41.8 Å². The number of carbonyl (C=O) groups excluding carboxylic acids is 1. The van der Waals surface area contributed by atoms with Crippen molar-refractivity contribution >= 4 is 39.1 Å². The van der Waals surface area contributed by atoms with Crippen LogP contribution in [0.5, 0.6) is 0 Å². The number of hydrogen-bond donors (Lipinski definition) is 1. The van der Waals surface area contributed by atoms with Crippen LogP contribution in [0.2, 0.25) is 0 Å². The Balaban J connectivity index is 1.91. The molecule has 0 aromatic heterocycles. The van der Waals surface area contributed by atoms with E-state index in [4.69, 9.17) is 0 Å². The molecular formula is C20H24N2O3S2. The van der Waals surface area contributed by atoms with Gasteiger partial charge in [-0.25, -0.2) is 8.42 Å². The third kappa shape index (κ3) is 4.30. The van der Waals surface area contributed by atoms with Crippen molar-refractivity contribution in [1.29, 1.82) is 0 Å². The summed E-state index contributed by atoms with van der Waals surface area (Å²) in [5.41, 5.74) is 2.32. The zero-order valence-corrected chi connectivity index (χ0v) is 17.5. The van der Waals surface area contributed by atoms with Gasteiger partial charge < -0.3 is 4.90 Å². The van der Waals surface area contributed by atoms with Gasteiger partial charge in [0, 0.05) is 29.3 Å². The molecule has 1 atom stereocenters. The summed E-state index contributed by atoms with van der Waals surface area (Å²) in [6, 6.07) is 12.3. The van der Waals surface area contributed by atoms with Crippen LogP contribution in [-0.2, 0) is 14.8 Å². The maximum absolute atomic E-state index is 12.8. The summed E-state index contributed by atoms with van der Waals surface area (Å²) in [5.74, 6) is 0.295. The van der Waals surface area contributed by atoms with Crippen LogP contribution in [-0.4, -0.2) is 26.1 Å². The van der Waals surface area contributed by atoms with Crippen molar-refractivity contribution in [2.24, 2.45) is 0 Å². The van der Waals surface area contributed by atoms with Crippen LogP contribution in [0.25, 0.3) is 0 Å². The minimum Gasteiger partial charge on any atom is -0.310 e. The molecule has 144 valence electrons. The first-order valence-corrected chi connectivity index (χ1v) is 11.3. The Morgan fingerprint density at radius 3 is 2.44 bits per heavy atom. The standard InChI is InChI=1S/C20H24N2O3S2/c1-13(2)16-5-7-17(8-6-16)21-27(24,25)18-9-10-20-19(11-18)22(15(4)23)12-14(3)26-20/h5-11,13-14,21H,12H2,1-4H3. The molecule has 3 rings (SSSR count). The summed E-state index contributed by atoms with van der Waals surface area (Å²) in [4.78, 5) is 14.7. The van der Waals surface area contributed by atoms with Gasteiger partial charge in [-0.1, -0.05) is 32.9 Å². The van der Waals surface area contributed by atoms with Crippen molar-refractivity contribution in [3.63, 3.8) is 0 Å². The molecule has 2 aromatic rings. The number of rotatable bonds is 4. The zero-order valence-electron chi connectivity index (χ0n) is 15.9. The van der Waals surface area contributed by atoms with Crippen LogP contribution in [0.4, 0.5) is 11.4 Å². The van der Waals surface area contributed by atoms with Crippen LogP contribution >= 0.6 is 11.8 Å². The molecule has 0 aliphatic carbocycles. The molecular weight excluding hydrogens is 380 g/mol. The van der Waals surface area contributed by atoms with Gasteiger partial charge in [0.1, 0.15) is 0 Å². The Kier molecular flexibility index (Phi) is 5.53. The summed E-state index contributed by atoms with van der Waals surface area (Å²) >= 11 is 1.65. The van der Waals surface area contributed by atoms with Crippen LogP contribution in [0, 0.1) is 0 Å². The van der Waals surface area contributed by atoms with Gasteiger partial charge in [0.15, 0.2) is 0 Å². The van der Waals surface area contributed by atoms with Crippen LogP contribution < -0.4 is 9.62 Å². The Morgan fingerprint density at radius 1 is 1.19 bits per heavy atom. The molecule has 0 fully saturated rings. The average Bonchev–Trinajstić information content (AvgIpc) is 2.60. The normalized spacial score (nSPS) is 16.9. The molecule has 2 aromatic carbocycles. The highest BCUT2D eigenvalue weighted by atomic mass is 32.2. The molecule has 0 saturated carbocycles. The van der Waals surface area contributed by atoms with Gasteiger partial charge in [0.25, 0.3) is 10.0 Å². The van der Waals surface area contributed by atoms with E-state index in [2.05, 4.69) is 25.5 Å². The third-order valence-corrected chi connectivity index (χ3v) is 7.04. The van der Waals surface area contributed by atoms with Crippen LogP contribution in [0.1, 0.15) is 39.2 Å². The average molecular weight is 405 g/mol. The van der Waals surface area contributed by atoms with Crippen molar-refractivity contribution in [3.05, 3.63) is 48.0 Å². The SMILES string of the molecule is CC(=O)N1CC(C)Sc2ccc(S(=O)(=O)Nc3ccc(C(C)C)cc3)cc21. The smallest absolute Gasteiger partial charge is 0.261 e. The monoisotopic (exact) mass is 404 g/mol. The number of thioether (sulfide) groups is 1. The van der Waals surface area contributed by atoms with Gasteiger partial charge in [-0.3, -0.25) is 9.52 Å². The molecule has 27 heavy (non-hydrogen) atoms. The highest BCUT2D eigenvalue weighted by Gasteiger charge is 2.27. The van der Waals surface area contributed by atoms with E-state index < -0.39 is 10.0 Å². The number of nitrogens with zero attached hydrogens (tertiary/aromatic N) is 1. The van der Waals surface area contributed by atoms with E-state index in [0.717, 1.165) is 10.5 Å². The molecule has 0 radical (unpaired) electrons. The number of amides is 1. The maximum atomic E-state index is 12.8. The zero-order chi connectivity index (χ0) is 19.8. The van der Waals surface area contributed by atoms with E-state index in [0.29, 0.717) is 23.8 Å². The fraction of sp³-hybridized carbons (Fsp3) is 0.350. The molecule has 0 saturated heterocycles. The lowest BCUT2D eigenvalue weighted by Crippen LogP contribution is -2.37. The molecule has 1 aliphatic heterocycles.